The first-order valence-electron chi connectivity index (χ1n) is 11.2. The molecular weight excluding hydrogens is 428 g/mol. The van der Waals surface area contributed by atoms with Crippen molar-refractivity contribution < 1.29 is 4.52 Å². The number of hydrogen-bond donors (Lipinski definition) is 0. The Kier molecular flexibility index (Phi) is 5.45. The van der Waals surface area contributed by atoms with E-state index in [1.54, 1.807) is 36.4 Å². The number of aromatic nitrogens is 4. The summed E-state index contributed by atoms with van der Waals surface area (Å²) in [6, 6.07) is 20.5. The molecule has 0 saturated carbocycles. The van der Waals surface area contributed by atoms with Gasteiger partial charge in [-0.25, -0.2) is 9.36 Å². The Labute approximate surface area is 195 Å². The highest BCUT2D eigenvalue weighted by atomic mass is 16.5. The van der Waals surface area contributed by atoms with Crippen molar-refractivity contribution in [3.8, 4) is 17.1 Å². The molecule has 0 unspecified atom stereocenters. The molecule has 5 aromatic rings. The van der Waals surface area contributed by atoms with Crippen molar-refractivity contribution in [2.24, 2.45) is 0 Å². The van der Waals surface area contributed by atoms with Crippen LogP contribution in [0.3, 0.4) is 0 Å². The largest absolute Gasteiger partial charge is 0.337 e. The lowest BCUT2D eigenvalue weighted by atomic mass is 10.1. The molecule has 3 aromatic carbocycles. The highest BCUT2D eigenvalue weighted by Gasteiger charge is 2.17. The Hall–Kier alpha value is -4.26. The predicted molar refractivity (Wildman–Crippen MR) is 131 cm³/mol. The molecule has 0 aliphatic rings. The number of hydrogen-bond acceptors (Lipinski definition) is 5. The van der Waals surface area contributed by atoms with Crippen molar-refractivity contribution in [1.29, 1.82) is 0 Å². The van der Waals surface area contributed by atoms with Gasteiger partial charge in [-0.3, -0.25) is 9.36 Å². The Morgan fingerprint density at radius 3 is 2.41 bits per heavy atom. The lowest BCUT2D eigenvalue weighted by Crippen LogP contribution is -2.39. The Morgan fingerprint density at radius 1 is 0.912 bits per heavy atom. The Balaban J connectivity index is 1.62. The van der Waals surface area contributed by atoms with Crippen LogP contribution in [0.25, 0.3) is 28.0 Å². The average Bonchev–Trinajstić information content (AvgIpc) is 3.33. The molecule has 0 spiro atoms. The molecule has 0 bridgehead atoms. The molecule has 7 nitrogen and oxygen atoms in total. The van der Waals surface area contributed by atoms with E-state index >= 15 is 0 Å². The number of para-hydroxylation sites is 1. The van der Waals surface area contributed by atoms with Crippen LogP contribution in [0.4, 0.5) is 0 Å². The van der Waals surface area contributed by atoms with E-state index in [9.17, 15) is 9.59 Å². The zero-order valence-corrected chi connectivity index (χ0v) is 19.3. The average molecular weight is 453 g/mol. The van der Waals surface area contributed by atoms with Gasteiger partial charge in [0.15, 0.2) is 0 Å². The van der Waals surface area contributed by atoms with Gasteiger partial charge < -0.3 is 4.52 Å². The molecule has 0 aliphatic carbocycles. The van der Waals surface area contributed by atoms with Crippen molar-refractivity contribution in [1.82, 2.24) is 19.3 Å². The van der Waals surface area contributed by atoms with Crippen molar-refractivity contribution in [2.75, 3.05) is 0 Å². The van der Waals surface area contributed by atoms with Gasteiger partial charge in [0.05, 0.1) is 16.6 Å². The molecule has 7 heteroatoms. The van der Waals surface area contributed by atoms with E-state index in [1.807, 2.05) is 44.2 Å². The summed E-state index contributed by atoms with van der Waals surface area (Å²) >= 11 is 0. The van der Waals surface area contributed by atoms with Crippen molar-refractivity contribution in [3.05, 3.63) is 110 Å². The summed E-state index contributed by atoms with van der Waals surface area (Å²) in [4.78, 5) is 31.3. The maximum absolute atomic E-state index is 13.6. The lowest BCUT2D eigenvalue weighted by molar-refractivity contribution is 0.370. The summed E-state index contributed by atoms with van der Waals surface area (Å²) in [6.07, 6.45) is 0.872. The maximum Gasteiger partial charge on any atom is 0.336 e. The molecule has 5 rings (SSSR count). The summed E-state index contributed by atoms with van der Waals surface area (Å²) in [7, 11) is 0. The molecule has 0 atom stereocenters. The van der Waals surface area contributed by atoms with Crippen LogP contribution in [0.2, 0.25) is 0 Å². The van der Waals surface area contributed by atoms with Crippen LogP contribution in [0.1, 0.15) is 29.5 Å². The van der Waals surface area contributed by atoms with Gasteiger partial charge in [-0.05, 0) is 67.3 Å². The van der Waals surface area contributed by atoms with E-state index in [0.717, 1.165) is 23.1 Å². The molecule has 0 amide bonds. The predicted octanol–water partition coefficient (Wildman–Crippen LogP) is 4.43. The van der Waals surface area contributed by atoms with Gasteiger partial charge in [-0.1, -0.05) is 48.5 Å². The van der Waals surface area contributed by atoms with Crippen molar-refractivity contribution in [2.45, 2.75) is 33.7 Å². The third kappa shape index (κ3) is 3.75. The minimum atomic E-state index is -0.459. The zero-order valence-electron chi connectivity index (χ0n) is 19.3. The topological polar surface area (TPSA) is 82.9 Å². The molecule has 2 heterocycles. The number of rotatable bonds is 5. The SMILES string of the molecule is CCc1ccc(-n2c(=O)c3ccccc3n(Cc3nc(-c4ccc(C)c(C)c4)no3)c2=O)cc1. The highest BCUT2D eigenvalue weighted by molar-refractivity contribution is 5.78. The number of benzene rings is 3. The fourth-order valence-electron chi connectivity index (χ4n) is 4.03. The summed E-state index contributed by atoms with van der Waals surface area (Å²) < 4.78 is 8.19. The number of fused-ring (bicyclic) bond motifs is 1. The van der Waals surface area contributed by atoms with E-state index in [-0.39, 0.29) is 18.0 Å². The third-order valence-electron chi connectivity index (χ3n) is 6.18. The molecule has 170 valence electrons. The fraction of sp³-hybridized carbons (Fsp3) is 0.185. The first-order chi connectivity index (χ1) is 16.5. The second-order valence-corrected chi connectivity index (χ2v) is 8.36. The van der Waals surface area contributed by atoms with Crippen molar-refractivity contribution >= 4 is 10.9 Å². The van der Waals surface area contributed by atoms with Crippen LogP contribution in [0.15, 0.2) is 80.8 Å². The monoisotopic (exact) mass is 452 g/mol. The third-order valence-corrected chi connectivity index (χ3v) is 6.18. The van der Waals surface area contributed by atoms with E-state index in [1.165, 1.54) is 14.7 Å². The summed E-state index contributed by atoms with van der Waals surface area (Å²) in [5.74, 6) is 0.742. The molecule has 0 radical (unpaired) electrons. The van der Waals surface area contributed by atoms with E-state index in [2.05, 4.69) is 17.1 Å². The summed E-state index contributed by atoms with van der Waals surface area (Å²) in [5, 5.41) is 4.55. The highest BCUT2D eigenvalue weighted by Crippen LogP contribution is 2.20. The minimum Gasteiger partial charge on any atom is -0.337 e. The smallest absolute Gasteiger partial charge is 0.336 e. The number of aryl methyl sites for hydroxylation is 3. The first kappa shape index (κ1) is 21.6. The van der Waals surface area contributed by atoms with Crippen LogP contribution in [0, 0.1) is 13.8 Å². The van der Waals surface area contributed by atoms with Crippen molar-refractivity contribution in [3.63, 3.8) is 0 Å². The second-order valence-electron chi connectivity index (χ2n) is 8.36. The summed E-state index contributed by atoms with van der Waals surface area (Å²) in [5.41, 5.74) is 4.50. The van der Waals surface area contributed by atoms with Crippen LogP contribution >= 0.6 is 0 Å². The normalized spacial score (nSPS) is 11.3. The molecule has 0 N–H and O–H groups in total. The molecule has 34 heavy (non-hydrogen) atoms. The van der Waals surface area contributed by atoms with Crippen LogP contribution in [-0.4, -0.2) is 19.3 Å². The molecule has 0 aliphatic heterocycles. The molecular formula is C27H24N4O3. The van der Waals surface area contributed by atoms with Crippen LogP contribution < -0.4 is 11.2 Å². The second kappa shape index (κ2) is 8.59. The quantitative estimate of drug-likeness (QED) is 0.394. The van der Waals surface area contributed by atoms with Gasteiger partial charge in [0.1, 0.15) is 6.54 Å². The number of nitrogens with zero attached hydrogens (tertiary/aromatic N) is 4. The van der Waals surface area contributed by atoms with Gasteiger partial charge >= 0.3 is 5.69 Å². The Bertz CT molecular complexity index is 1630. The zero-order chi connectivity index (χ0) is 23.8. The summed E-state index contributed by atoms with van der Waals surface area (Å²) in [6.45, 7) is 6.18. The van der Waals surface area contributed by atoms with Gasteiger partial charge in [0.2, 0.25) is 11.7 Å². The van der Waals surface area contributed by atoms with Gasteiger partial charge in [0, 0.05) is 5.56 Å². The molecule has 0 saturated heterocycles. The maximum atomic E-state index is 13.6. The molecule has 2 aromatic heterocycles. The minimum absolute atomic E-state index is 0.0461. The fourth-order valence-corrected chi connectivity index (χ4v) is 4.03. The standard InChI is InChI=1S/C27H24N4O3/c1-4-19-10-13-21(14-11-19)31-26(32)22-7-5-6-8-23(22)30(27(31)33)16-24-28-25(29-34-24)20-12-9-17(2)18(3)15-20/h5-15H,4,16H2,1-3H3. The van der Waals surface area contributed by atoms with Gasteiger partial charge in [-0.15, -0.1) is 0 Å². The van der Waals surface area contributed by atoms with Crippen LogP contribution in [-0.2, 0) is 13.0 Å². The lowest BCUT2D eigenvalue weighted by Gasteiger charge is -2.13. The Morgan fingerprint density at radius 2 is 1.68 bits per heavy atom. The van der Waals surface area contributed by atoms with E-state index in [4.69, 9.17) is 4.52 Å². The van der Waals surface area contributed by atoms with E-state index in [0.29, 0.717) is 22.4 Å². The van der Waals surface area contributed by atoms with Gasteiger partial charge in [-0.2, -0.15) is 4.98 Å². The van der Waals surface area contributed by atoms with E-state index < -0.39 is 5.69 Å². The van der Waals surface area contributed by atoms with Crippen LogP contribution in [0.5, 0.6) is 0 Å². The van der Waals surface area contributed by atoms with Gasteiger partial charge in [0.25, 0.3) is 5.56 Å². The molecule has 0 fully saturated rings. The first-order valence-corrected chi connectivity index (χ1v) is 11.2.